The summed E-state index contributed by atoms with van der Waals surface area (Å²) in [5.74, 6) is 0.952. The van der Waals surface area contributed by atoms with Gasteiger partial charge in [-0.2, -0.15) is 0 Å². The topological polar surface area (TPSA) is 84.9 Å². The number of nitrogens with one attached hydrogen (secondary N) is 1. The Kier molecular flexibility index (Phi) is 3.01. The van der Waals surface area contributed by atoms with Gasteiger partial charge in [-0.25, -0.2) is 4.98 Å². The number of rotatable bonds is 3. The Morgan fingerprint density at radius 1 is 1.10 bits per heavy atom. The van der Waals surface area contributed by atoms with E-state index in [1.54, 1.807) is 24.4 Å². The van der Waals surface area contributed by atoms with Crippen LogP contribution < -0.4 is 10.5 Å². The minimum atomic E-state index is -0.0874. The minimum Gasteiger partial charge on any atom is -0.439 e. The summed E-state index contributed by atoms with van der Waals surface area (Å²) in [6.45, 7) is 0. The van der Waals surface area contributed by atoms with Gasteiger partial charge in [0, 0.05) is 23.7 Å². The third-order valence-electron chi connectivity index (χ3n) is 2.80. The van der Waals surface area contributed by atoms with Crippen molar-refractivity contribution in [3.63, 3.8) is 0 Å². The minimum absolute atomic E-state index is 0.0874. The number of hydrogen-bond acceptors (Lipinski definition) is 4. The van der Waals surface area contributed by atoms with Gasteiger partial charge >= 0.3 is 0 Å². The Labute approximate surface area is 115 Å². The van der Waals surface area contributed by atoms with Gasteiger partial charge in [0.25, 0.3) is 0 Å². The van der Waals surface area contributed by atoms with E-state index < -0.39 is 0 Å². The number of nitrogen functional groups attached to an aromatic ring is 1. The van der Waals surface area contributed by atoms with Crippen LogP contribution in [-0.4, -0.2) is 15.8 Å². The second kappa shape index (κ2) is 4.97. The molecule has 98 valence electrons. The van der Waals surface area contributed by atoms with Gasteiger partial charge in [-0.3, -0.25) is 10.4 Å². The molecule has 0 saturated heterocycles. The van der Waals surface area contributed by atoms with Crippen LogP contribution in [0.5, 0.6) is 11.6 Å². The molecule has 5 nitrogen and oxygen atoms in total. The lowest BCUT2D eigenvalue weighted by molar-refractivity contribution is 0.463. The van der Waals surface area contributed by atoms with E-state index in [0.29, 0.717) is 17.3 Å². The lowest BCUT2D eigenvalue weighted by Gasteiger charge is -2.06. The standard InChI is InChI=1S/C15H12N4O/c16-15(17)12-4-1-5-14(19-12)20-11-7-6-10-3-2-8-18-13(10)9-11/h1-9H,(H3,16,17). The first-order valence-corrected chi connectivity index (χ1v) is 6.06. The molecule has 0 bridgehead atoms. The summed E-state index contributed by atoms with van der Waals surface area (Å²) in [6, 6.07) is 14.6. The normalized spacial score (nSPS) is 10.4. The van der Waals surface area contributed by atoms with Gasteiger partial charge in [0.15, 0.2) is 0 Å². The molecule has 0 radical (unpaired) electrons. The molecular formula is C15H12N4O. The monoisotopic (exact) mass is 264 g/mol. The highest BCUT2D eigenvalue weighted by Crippen LogP contribution is 2.23. The van der Waals surface area contributed by atoms with Crippen molar-refractivity contribution in [2.24, 2.45) is 5.73 Å². The second-order valence-electron chi connectivity index (χ2n) is 4.23. The average Bonchev–Trinajstić information content (AvgIpc) is 2.47. The molecule has 0 amide bonds. The first kappa shape index (κ1) is 12.1. The molecule has 3 aromatic rings. The van der Waals surface area contributed by atoms with Crippen molar-refractivity contribution in [2.75, 3.05) is 0 Å². The maximum atomic E-state index is 7.37. The van der Waals surface area contributed by atoms with Crippen molar-refractivity contribution in [2.45, 2.75) is 0 Å². The van der Waals surface area contributed by atoms with Crippen molar-refractivity contribution < 1.29 is 4.74 Å². The molecule has 0 atom stereocenters. The SMILES string of the molecule is N=C(N)c1cccc(Oc2ccc3cccnc3c2)n1. The number of amidine groups is 1. The molecule has 20 heavy (non-hydrogen) atoms. The summed E-state index contributed by atoms with van der Waals surface area (Å²) < 4.78 is 5.67. The highest BCUT2D eigenvalue weighted by molar-refractivity contribution is 5.93. The lowest BCUT2D eigenvalue weighted by atomic mass is 10.2. The van der Waals surface area contributed by atoms with Gasteiger partial charge in [0.05, 0.1) is 5.52 Å². The Hall–Kier alpha value is -2.95. The lowest BCUT2D eigenvalue weighted by Crippen LogP contribution is -2.13. The molecule has 0 aliphatic carbocycles. The van der Waals surface area contributed by atoms with Crippen LogP contribution in [0.3, 0.4) is 0 Å². The Bertz CT molecular complexity index is 785. The fourth-order valence-electron chi connectivity index (χ4n) is 1.85. The van der Waals surface area contributed by atoms with E-state index in [2.05, 4.69) is 9.97 Å². The summed E-state index contributed by atoms with van der Waals surface area (Å²) in [7, 11) is 0. The fourth-order valence-corrected chi connectivity index (χ4v) is 1.85. The predicted octanol–water partition coefficient (Wildman–Crippen LogP) is 2.71. The van der Waals surface area contributed by atoms with Crippen molar-refractivity contribution in [1.82, 2.24) is 9.97 Å². The molecule has 2 heterocycles. The molecule has 3 N–H and O–H groups in total. The van der Waals surface area contributed by atoms with Crippen LogP contribution in [0.15, 0.2) is 54.7 Å². The molecule has 5 heteroatoms. The smallest absolute Gasteiger partial charge is 0.219 e. The second-order valence-corrected chi connectivity index (χ2v) is 4.23. The molecule has 2 aromatic heterocycles. The molecule has 0 aliphatic heterocycles. The van der Waals surface area contributed by atoms with E-state index in [0.717, 1.165) is 10.9 Å². The summed E-state index contributed by atoms with van der Waals surface area (Å²) in [5.41, 5.74) is 6.65. The molecular weight excluding hydrogens is 252 g/mol. The van der Waals surface area contributed by atoms with Crippen LogP contribution in [-0.2, 0) is 0 Å². The van der Waals surface area contributed by atoms with E-state index in [4.69, 9.17) is 15.9 Å². The Balaban J connectivity index is 1.92. The van der Waals surface area contributed by atoms with Crippen LogP contribution in [0, 0.1) is 5.41 Å². The van der Waals surface area contributed by atoms with Crippen molar-refractivity contribution in [1.29, 1.82) is 5.41 Å². The fraction of sp³-hybridized carbons (Fsp3) is 0. The Morgan fingerprint density at radius 2 is 2.00 bits per heavy atom. The molecule has 0 spiro atoms. The number of ether oxygens (including phenoxy) is 1. The highest BCUT2D eigenvalue weighted by Gasteiger charge is 2.04. The van der Waals surface area contributed by atoms with E-state index in [1.807, 2.05) is 30.3 Å². The summed E-state index contributed by atoms with van der Waals surface area (Å²) in [4.78, 5) is 8.43. The third-order valence-corrected chi connectivity index (χ3v) is 2.80. The van der Waals surface area contributed by atoms with Gasteiger partial charge in [-0.05, 0) is 24.3 Å². The van der Waals surface area contributed by atoms with E-state index in [-0.39, 0.29) is 5.84 Å². The molecule has 1 aromatic carbocycles. The van der Waals surface area contributed by atoms with Gasteiger partial charge in [0.2, 0.25) is 5.88 Å². The first-order valence-electron chi connectivity index (χ1n) is 6.06. The van der Waals surface area contributed by atoms with Crippen LogP contribution >= 0.6 is 0 Å². The van der Waals surface area contributed by atoms with Gasteiger partial charge in [0.1, 0.15) is 17.3 Å². The first-order chi connectivity index (χ1) is 9.72. The maximum absolute atomic E-state index is 7.37. The zero-order chi connectivity index (χ0) is 13.9. The highest BCUT2D eigenvalue weighted by atomic mass is 16.5. The summed E-state index contributed by atoms with van der Waals surface area (Å²) >= 11 is 0. The van der Waals surface area contributed by atoms with Crippen molar-refractivity contribution >= 4 is 16.7 Å². The van der Waals surface area contributed by atoms with Crippen molar-refractivity contribution in [3.05, 3.63) is 60.4 Å². The van der Waals surface area contributed by atoms with E-state index in [9.17, 15) is 0 Å². The quantitative estimate of drug-likeness (QED) is 0.562. The van der Waals surface area contributed by atoms with Crippen LogP contribution in [0.2, 0.25) is 0 Å². The number of aromatic nitrogens is 2. The number of benzene rings is 1. The number of nitrogens with two attached hydrogens (primary N) is 1. The van der Waals surface area contributed by atoms with Gasteiger partial charge in [-0.15, -0.1) is 0 Å². The predicted molar refractivity (Wildman–Crippen MR) is 77.1 cm³/mol. The largest absolute Gasteiger partial charge is 0.439 e. The van der Waals surface area contributed by atoms with Gasteiger partial charge in [-0.1, -0.05) is 12.1 Å². The molecule has 0 aliphatic rings. The summed E-state index contributed by atoms with van der Waals surface area (Å²) in [6.07, 6.45) is 1.74. The zero-order valence-corrected chi connectivity index (χ0v) is 10.6. The zero-order valence-electron chi connectivity index (χ0n) is 10.6. The van der Waals surface area contributed by atoms with Gasteiger partial charge < -0.3 is 10.5 Å². The third kappa shape index (κ3) is 2.42. The average molecular weight is 264 g/mol. The van der Waals surface area contributed by atoms with E-state index >= 15 is 0 Å². The molecule has 0 unspecified atom stereocenters. The summed E-state index contributed by atoms with van der Waals surface area (Å²) in [5, 5.41) is 8.42. The van der Waals surface area contributed by atoms with Crippen LogP contribution in [0.1, 0.15) is 5.69 Å². The maximum Gasteiger partial charge on any atom is 0.219 e. The number of nitrogens with zero attached hydrogens (tertiary/aromatic N) is 2. The van der Waals surface area contributed by atoms with E-state index in [1.165, 1.54) is 0 Å². The molecule has 3 rings (SSSR count). The van der Waals surface area contributed by atoms with Crippen molar-refractivity contribution in [3.8, 4) is 11.6 Å². The number of hydrogen-bond donors (Lipinski definition) is 2. The Morgan fingerprint density at radius 3 is 2.85 bits per heavy atom. The van der Waals surface area contributed by atoms with Crippen LogP contribution in [0.4, 0.5) is 0 Å². The number of fused-ring (bicyclic) bond motifs is 1. The molecule has 0 fully saturated rings. The molecule has 0 saturated carbocycles. The number of pyridine rings is 2. The van der Waals surface area contributed by atoms with Crippen LogP contribution in [0.25, 0.3) is 10.9 Å².